The molecule has 0 bridgehead atoms. The van der Waals surface area contributed by atoms with Crippen LogP contribution in [0.5, 0.6) is 0 Å². The van der Waals surface area contributed by atoms with Gasteiger partial charge in [0.2, 0.25) is 0 Å². The molecular weight excluding hydrogens is 362 g/mol. The van der Waals surface area contributed by atoms with Gasteiger partial charge in [-0.15, -0.1) is 11.3 Å². The van der Waals surface area contributed by atoms with Crippen LogP contribution in [0.15, 0.2) is 47.8 Å². The third-order valence-electron chi connectivity index (χ3n) is 4.69. The molecule has 0 radical (unpaired) electrons. The first-order valence-corrected chi connectivity index (χ1v) is 9.61. The number of amides is 1. The second kappa shape index (κ2) is 7.28. The van der Waals surface area contributed by atoms with E-state index in [2.05, 4.69) is 10.3 Å². The van der Waals surface area contributed by atoms with Gasteiger partial charge in [0.1, 0.15) is 0 Å². The lowest BCUT2D eigenvalue weighted by molar-refractivity contribution is -0.384. The molecular formula is C20H17N3O3S. The predicted molar refractivity (Wildman–Crippen MR) is 105 cm³/mol. The molecule has 1 aromatic heterocycles. The van der Waals surface area contributed by atoms with Crippen LogP contribution in [0.3, 0.4) is 0 Å². The Morgan fingerprint density at radius 2 is 1.93 bits per heavy atom. The lowest BCUT2D eigenvalue weighted by Gasteiger charge is -2.16. The van der Waals surface area contributed by atoms with Crippen molar-refractivity contribution < 1.29 is 9.72 Å². The summed E-state index contributed by atoms with van der Waals surface area (Å²) in [7, 11) is 0. The number of aromatic nitrogens is 1. The van der Waals surface area contributed by atoms with E-state index >= 15 is 0 Å². The number of anilines is 1. The summed E-state index contributed by atoms with van der Waals surface area (Å²) in [4.78, 5) is 27.4. The summed E-state index contributed by atoms with van der Waals surface area (Å²) in [5.74, 6) is -0.191. The van der Waals surface area contributed by atoms with E-state index in [1.807, 2.05) is 18.2 Å². The Kier molecular flexibility index (Phi) is 4.68. The third-order valence-corrected chi connectivity index (χ3v) is 5.45. The summed E-state index contributed by atoms with van der Waals surface area (Å²) in [5, 5.41) is 16.0. The molecule has 1 amide bonds. The van der Waals surface area contributed by atoms with E-state index in [-0.39, 0.29) is 11.6 Å². The van der Waals surface area contributed by atoms with Gasteiger partial charge in [0.05, 0.1) is 10.6 Å². The summed E-state index contributed by atoms with van der Waals surface area (Å²) in [5.41, 5.74) is 4.48. The van der Waals surface area contributed by atoms with Crippen molar-refractivity contribution in [1.29, 1.82) is 0 Å². The van der Waals surface area contributed by atoms with Crippen molar-refractivity contribution in [1.82, 2.24) is 4.98 Å². The van der Waals surface area contributed by atoms with Crippen LogP contribution in [-0.2, 0) is 12.8 Å². The molecule has 6 nitrogen and oxygen atoms in total. The maximum Gasteiger partial charge on any atom is 0.270 e. The number of rotatable bonds is 4. The lowest BCUT2D eigenvalue weighted by atomic mass is 9.90. The summed E-state index contributed by atoms with van der Waals surface area (Å²) < 4.78 is 0. The average molecular weight is 379 g/mol. The number of nitro groups is 1. The number of carbonyl (C=O) groups excluding carboxylic acids is 1. The molecule has 1 N–H and O–H groups in total. The average Bonchev–Trinajstić information content (AvgIpc) is 3.16. The van der Waals surface area contributed by atoms with Crippen molar-refractivity contribution in [3.63, 3.8) is 0 Å². The van der Waals surface area contributed by atoms with Crippen molar-refractivity contribution in [2.75, 3.05) is 5.32 Å². The molecule has 0 unspecified atom stereocenters. The van der Waals surface area contributed by atoms with E-state index < -0.39 is 4.92 Å². The fourth-order valence-electron chi connectivity index (χ4n) is 3.29. The third kappa shape index (κ3) is 3.73. The first-order chi connectivity index (χ1) is 13.1. The van der Waals surface area contributed by atoms with Gasteiger partial charge in [0.25, 0.3) is 11.6 Å². The van der Waals surface area contributed by atoms with Gasteiger partial charge in [-0.05, 0) is 48.9 Å². The van der Waals surface area contributed by atoms with Crippen molar-refractivity contribution >= 4 is 28.1 Å². The van der Waals surface area contributed by atoms with Crippen LogP contribution in [0, 0.1) is 10.1 Å². The largest absolute Gasteiger partial charge is 0.298 e. The van der Waals surface area contributed by atoms with Crippen LogP contribution in [0.4, 0.5) is 10.8 Å². The molecule has 1 aliphatic rings. The van der Waals surface area contributed by atoms with Crippen molar-refractivity contribution in [3.05, 3.63) is 74.6 Å². The molecule has 3 aromatic rings. The Bertz CT molecular complexity index is 1030. The van der Waals surface area contributed by atoms with Gasteiger partial charge >= 0.3 is 0 Å². The Hall–Kier alpha value is -3.06. The molecule has 0 aliphatic heterocycles. The normalized spacial score (nSPS) is 13.0. The number of aryl methyl sites for hydroxylation is 2. The van der Waals surface area contributed by atoms with Crippen LogP contribution in [0.2, 0.25) is 0 Å². The molecule has 0 atom stereocenters. The van der Waals surface area contributed by atoms with Crippen molar-refractivity contribution in [2.45, 2.75) is 25.7 Å². The van der Waals surface area contributed by atoms with Crippen LogP contribution < -0.4 is 5.32 Å². The summed E-state index contributed by atoms with van der Waals surface area (Å²) in [6.45, 7) is 0. The fourth-order valence-corrected chi connectivity index (χ4v) is 4.00. The molecule has 27 heavy (non-hydrogen) atoms. The number of carbonyl (C=O) groups is 1. The molecule has 7 heteroatoms. The Morgan fingerprint density at radius 1 is 1.11 bits per heavy atom. The zero-order valence-corrected chi connectivity index (χ0v) is 15.3. The first kappa shape index (κ1) is 17.4. The summed E-state index contributed by atoms with van der Waals surface area (Å²) in [6.07, 6.45) is 4.47. The van der Waals surface area contributed by atoms with Gasteiger partial charge in [-0.3, -0.25) is 20.2 Å². The van der Waals surface area contributed by atoms with Crippen molar-refractivity contribution in [3.8, 4) is 11.3 Å². The number of thiazole rings is 1. The zero-order valence-electron chi connectivity index (χ0n) is 14.5. The first-order valence-electron chi connectivity index (χ1n) is 8.74. The van der Waals surface area contributed by atoms with E-state index in [1.54, 1.807) is 17.5 Å². The standard InChI is InChI=1S/C20H17N3O3S/c24-19(16-9-8-13-4-1-2-5-14(13)10-16)22-20-21-18(12-27-20)15-6-3-7-17(11-15)23(25)26/h3,6-12H,1-2,4-5H2,(H,21,22,24). The van der Waals surface area contributed by atoms with Crippen LogP contribution >= 0.6 is 11.3 Å². The Labute approximate surface area is 160 Å². The fraction of sp³-hybridized carbons (Fsp3) is 0.200. The van der Waals surface area contributed by atoms with Crippen LogP contribution in [0.1, 0.15) is 34.3 Å². The van der Waals surface area contributed by atoms with Gasteiger partial charge in [0.15, 0.2) is 5.13 Å². The number of non-ortho nitro benzene ring substituents is 1. The quantitative estimate of drug-likeness (QED) is 0.519. The topological polar surface area (TPSA) is 85.1 Å². The molecule has 0 saturated carbocycles. The minimum atomic E-state index is -0.436. The molecule has 0 saturated heterocycles. The Balaban J connectivity index is 1.52. The second-order valence-corrected chi connectivity index (χ2v) is 7.35. The number of hydrogen-bond donors (Lipinski definition) is 1. The molecule has 1 aliphatic carbocycles. The number of benzene rings is 2. The second-order valence-electron chi connectivity index (χ2n) is 6.49. The number of hydrogen-bond acceptors (Lipinski definition) is 5. The van der Waals surface area contributed by atoms with E-state index in [1.165, 1.54) is 41.0 Å². The SMILES string of the molecule is O=C(Nc1nc(-c2cccc([N+](=O)[O-])c2)cs1)c1ccc2c(c1)CCCC2. The van der Waals surface area contributed by atoms with Crippen LogP contribution in [-0.4, -0.2) is 15.8 Å². The summed E-state index contributed by atoms with van der Waals surface area (Å²) in [6, 6.07) is 12.2. The molecule has 0 fully saturated rings. The van der Waals surface area contributed by atoms with Gasteiger partial charge < -0.3 is 0 Å². The molecule has 136 valence electrons. The highest BCUT2D eigenvalue weighted by molar-refractivity contribution is 7.14. The molecule has 0 spiro atoms. The highest BCUT2D eigenvalue weighted by Crippen LogP contribution is 2.28. The Morgan fingerprint density at radius 3 is 2.74 bits per heavy atom. The molecule has 1 heterocycles. The highest BCUT2D eigenvalue weighted by Gasteiger charge is 2.15. The van der Waals surface area contributed by atoms with E-state index in [0.717, 1.165) is 19.3 Å². The van der Waals surface area contributed by atoms with E-state index in [9.17, 15) is 14.9 Å². The number of nitrogens with zero attached hydrogens (tertiary/aromatic N) is 2. The molecule has 4 rings (SSSR count). The van der Waals surface area contributed by atoms with E-state index in [0.29, 0.717) is 22.0 Å². The van der Waals surface area contributed by atoms with Gasteiger partial charge in [-0.2, -0.15) is 0 Å². The van der Waals surface area contributed by atoms with Gasteiger partial charge in [0, 0.05) is 28.6 Å². The summed E-state index contributed by atoms with van der Waals surface area (Å²) >= 11 is 1.30. The minimum absolute atomic E-state index is 0.0140. The highest BCUT2D eigenvalue weighted by atomic mass is 32.1. The zero-order chi connectivity index (χ0) is 18.8. The van der Waals surface area contributed by atoms with Crippen LogP contribution in [0.25, 0.3) is 11.3 Å². The molecule has 2 aromatic carbocycles. The maximum absolute atomic E-state index is 12.6. The lowest BCUT2D eigenvalue weighted by Crippen LogP contribution is -2.13. The van der Waals surface area contributed by atoms with Gasteiger partial charge in [-0.1, -0.05) is 18.2 Å². The maximum atomic E-state index is 12.6. The number of nitro benzene ring substituents is 1. The minimum Gasteiger partial charge on any atom is -0.298 e. The number of fused-ring (bicyclic) bond motifs is 1. The van der Waals surface area contributed by atoms with Crippen molar-refractivity contribution in [2.24, 2.45) is 0 Å². The monoisotopic (exact) mass is 379 g/mol. The van der Waals surface area contributed by atoms with E-state index in [4.69, 9.17) is 0 Å². The van der Waals surface area contributed by atoms with Gasteiger partial charge in [-0.25, -0.2) is 4.98 Å². The number of nitrogens with one attached hydrogen (secondary N) is 1. The smallest absolute Gasteiger partial charge is 0.270 e. The predicted octanol–water partition coefficient (Wildman–Crippen LogP) is 4.85.